The Balaban J connectivity index is 1.91. The second-order valence-electron chi connectivity index (χ2n) is 6.53. The van der Waals surface area contributed by atoms with Gasteiger partial charge >= 0.3 is 5.97 Å². The van der Waals surface area contributed by atoms with Gasteiger partial charge in [0.15, 0.2) is 0 Å². The Bertz CT molecular complexity index is 841. The molecule has 2 unspecified atom stereocenters. The SMILES string of the molecule is COc1cc(C)c(S(=O)N2CCn3cccc3C2COCC(=O)O)c(C)c1. The van der Waals surface area contributed by atoms with Crippen LogP contribution in [-0.4, -0.2) is 51.0 Å². The minimum atomic E-state index is -1.40. The summed E-state index contributed by atoms with van der Waals surface area (Å²) in [6, 6.07) is 7.38. The maximum Gasteiger partial charge on any atom is 0.329 e. The van der Waals surface area contributed by atoms with Crippen LogP contribution in [0.25, 0.3) is 0 Å². The predicted molar refractivity (Wildman–Crippen MR) is 101 cm³/mol. The molecule has 1 aliphatic heterocycles. The van der Waals surface area contributed by atoms with Crippen LogP contribution in [0, 0.1) is 13.8 Å². The Morgan fingerprint density at radius 2 is 2.00 bits per heavy atom. The molecule has 8 heteroatoms. The van der Waals surface area contributed by atoms with Crippen molar-refractivity contribution in [3.63, 3.8) is 0 Å². The molecule has 0 aliphatic carbocycles. The van der Waals surface area contributed by atoms with Crippen molar-refractivity contribution in [2.75, 3.05) is 26.9 Å². The fourth-order valence-electron chi connectivity index (χ4n) is 3.49. The van der Waals surface area contributed by atoms with E-state index in [1.54, 1.807) is 7.11 Å². The highest BCUT2D eigenvalue weighted by Crippen LogP contribution is 2.33. The van der Waals surface area contributed by atoms with Gasteiger partial charge in [-0.05, 0) is 49.2 Å². The molecule has 0 amide bonds. The number of hydrogen-bond acceptors (Lipinski definition) is 4. The number of carboxylic acids is 1. The molecule has 2 aromatic rings. The monoisotopic (exact) mass is 392 g/mol. The fraction of sp³-hybridized carbons (Fsp3) is 0.421. The van der Waals surface area contributed by atoms with Crippen molar-refractivity contribution >= 4 is 17.0 Å². The third kappa shape index (κ3) is 4.07. The number of carbonyl (C=O) groups is 1. The first-order chi connectivity index (χ1) is 12.9. The first-order valence-electron chi connectivity index (χ1n) is 8.70. The van der Waals surface area contributed by atoms with Gasteiger partial charge in [0, 0.05) is 25.0 Å². The zero-order chi connectivity index (χ0) is 19.6. The lowest BCUT2D eigenvalue weighted by molar-refractivity contribution is -0.142. The van der Waals surface area contributed by atoms with Gasteiger partial charge in [0.2, 0.25) is 0 Å². The Hall–Kier alpha value is -2.16. The minimum absolute atomic E-state index is 0.163. The molecule has 2 atom stereocenters. The molecule has 0 spiro atoms. The van der Waals surface area contributed by atoms with Gasteiger partial charge in [-0.1, -0.05) is 0 Å². The van der Waals surface area contributed by atoms with Crippen LogP contribution < -0.4 is 4.74 Å². The van der Waals surface area contributed by atoms with Gasteiger partial charge < -0.3 is 19.1 Å². The summed E-state index contributed by atoms with van der Waals surface area (Å²) < 4.78 is 28.1. The summed E-state index contributed by atoms with van der Waals surface area (Å²) in [6.07, 6.45) is 1.98. The molecule has 7 nitrogen and oxygen atoms in total. The van der Waals surface area contributed by atoms with Crippen LogP contribution in [0.4, 0.5) is 0 Å². The lowest BCUT2D eigenvalue weighted by Gasteiger charge is -2.36. The number of fused-ring (bicyclic) bond motifs is 1. The van der Waals surface area contributed by atoms with E-state index >= 15 is 0 Å². The van der Waals surface area contributed by atoms with E-state index in [4.69, 9.17) is 14.6 Å². The lowest BCUT2D eigenvalue weighted by Crippen LogP contribution is -2.41. The van der Waals surface area contributed by atoms with Gasteiger partial charge in [-0.25, -0.2) is 13.3 Å². The summed E-state index contributed by atoms with van der Waals surface area (Å²) >= 11 is 0. The quantitative estimate of drug-likeness (QED) is 0.782. The van der Waals surface area contributed by atoms with Gasteiger partial charge in [-0.15, -0.1) is 0 Å². The molecule has 0 bridgehead atoms. The molecule has 1 N–H and O–H groups in total. The Morgan fingerprint density at radius 1 is 1.30 bits per heavy atom. The maximum atomic E-state index is 13.5. The van der Waals surface area contributed by atoms with Crippen molar-refractivity contribution in [3.05, 3.63) is 47.3 Å². The molecule has 0 fully saturated rings. The number of methoxy groups -OCH3 is 1. The van der Waals surface area contributed by atoms with Crippen molar-refractivity contribution < 1.29 is 23.6 Å². The molecule has 0 saturated carbocycles. The summed E-state index contributed by atoms with van der Waals surface area (Å²) in [7, 11) is 0.209. The van der Waals surface area contributed by atoms with Gasteiger partial charge in [-0.2, -0.15) is 0 Å². The third-order valence-corrected chi connectivity index (χ3v) is 6.53. The van der Waals surface area contributed by atoms with Crippen LogP contribution in [0.5, 0.6) is 5.75 Å². The highest BCUT2D eigenvalue weighted by atomic mass is 32.2. The largest absolute Gasteiger partial charge is 0.497 e. The number of nitrogens with zero attached hydrogens (tertiary/aromatic N) is 2. The average molecular weight is 392 g/mol. The van der Waals surface area contributed by atoms with Crippen molar-refractivity contribution in [2.45, 2.75) is 31.3 Å². The normalized spacial score (nSPS) is 18.1. The second-order valence-corrected chi connectivity index (χ2v) is 7.91. The summed E-state index contributed by atoms with van der Waals surface area (Å²) in [5.41, 5.74) is 2.77. The van der Waals surface area contributed by atoms with E-state index in [1.807, 2.05) is 48.6 Å². The molecule has 27 heavy (non-hydrogen) atoms. The molecule has 2 heterocycles. The van der Waals surface area contributed by atoms with Gasteiger partial charge in [0.05, 0.1) is 24.7 Å². The van der Waals surface area contributed by atoms with Gasteiger partial charge in [0.25, 0.3) is 0 Å². The Morgan fingerprint density at radius 3 is 2.63 bits per heavy atom. The molecular weight excluding hydrogens is 368 g/mol. The first-order valence-corrected chi connectivity index (χ1v) is 9.81. The molecule has 146 valence electrons. The molecular formula is C19H24N2O5S. The van der Waals surface area contributed by atoms with Crippen molar-refractivity contribution in [1.29, 1.82) is 0 Å². The van der Waals surface area contributed by atoms with E-state index in [9.17, 15) is 9.00 Å². The van der Waals surface area contributed by atoms with Crippen molar-refractivity contribution in [1.82, 2.24) is 8.87 Å². The molecule has 0 saturated heterocycles. The van der Waals surface area contributed by atoms with E-state index in [0.29, 0.717) is 6.54 Å². The van der Waals surface area contributed by atoms with E-state index in [2.05, 4.69) is 4.57 Å². The smallest absolute Gasteiger partial charge is 0.329 e. The summed E-state index contributed by atoms with van der Waals surface area (Å²) in [5.74, 6) is -0.282. The Kier molecular flexibility index (Phi) is 5.98. The van der Waals surface area contributed by atoms with Gasteiger partial charge in [0.1, 0.15) is 23.3 Å². The minimum Gasteiger partial charge on any atom is -0.497 e. The number of aliphatic carboxylic acids is 1. The van der Waals surface area contributed by atoms with Crippen LogP contribution in [-0.2, 0) is 27.1 Å². The summed E-state index contributed by atoms with van der Waals surface area (Å²) in [5, 5.41) is 8.86. The van der Waals surface area contributed by atoms with Crippen LogP contribution in [0.2, 0.25) is 0 Å². The zero-order valence-corrected chi connectivity index (χ0v) is 16.5. The third-order valence-electron chi connectivity index (χ3n) is 4.67. The number of hydrogen-bond donors (Lipinski definition) is 1. The predicted octanol–water partition coefficient (Wildman–Crippen LogP) is 2.29. The number of aromatic nitrogens is 1. The van der Waals surface area contributed by atoms with E-state index in [-0.39, 0.29) is 19.3 Å². The van der Waals surface area contributed by atoms with Crippen LogP contribution in [0.1, 0.15) is 22.9 Å². The Labute approximate surface area is 161 Å². The number of ether oxygens (including phenoxy) is 2. The molecule has 1 aromatic heterocycles. The number of carboxylic acid groups (broad SMARTS) is 1. The van der Waals surface area contributed by atoms with Crippen LogP contribution in [0.15, 0.2) is 35.4 Å². The zero-order valence-electron chi connectivity index (χ0n) is 15.7. The first kappa shape index (κ1) is 19.6. The molecule has 1 aliphatic rings. The van der Waals surface area contributed by atoms with Crippen molar-refractivity contribution in [3.8, 4) is 5.75 Å². The highest BCUT2D eigenvalue weighted by Gasteiger charge is 2.33. The lowest BCUT2D eigenvalue weighted by atomic mass is 10.1. The molecule has 0 radical (unpaired) electrons. The van der Waals surface area contributed by atoms with Crippen molar-refractivity contribution in [2.24, 2.45) is 0 Å². The van der Waals surface area contributed by atoms with E-state index in [0.717, 1.165) is 34.0 Å². The fourth-order valence-corrected chi connectivity index (χ4v) is 5.04. The van der Waals surface area contributed by atoms with Gasteiger partial charge in [-0.3, -0.25) is 0 Å². The summed E-state index contributed by atoms with van der Waals surface area (Å²) in [4.78, 5) is 11.6. The summed E-state index contributed by atoms with van der Waals surface area (Å²) in [6.45, 7) is 4.93. The van der Waals surface area contributed by atoms with Crippen LogP contribution >= 0.6 is 0 Å². The topological polar surface area (TPSA) is 81.0 Å². The number of rotatable bonds is 7. The molecule has 3 rings (SSSR count). The van der Waals surface area contributed by atoms with E-state index in [1.165, 1.54) is 0 Å². The number of aryl methyl sites for hydroxylation is 2. The maximum absolute atomic E-state index is 13.5. The highest BCUT2D eigenvalue weighted by molar-refractivity contribution is 7.82. The number of benzene rings is 1. The standard InChI is InChI=1S/C19H24N2O5S/c1-13-9-15(25-3)10-14(2)19(13)27(24)21-8-7-20-6-4-5-16(20)17(21)11-26-12-18(22)23/h4-6,9-10,17H,7-8,11-12H2,1-3H3,(H,22,23). The second kappa shape index (κ2) is 8.24. The van der Waals surface area contributed by atoms with Crippen LogP contribution in [0.3, 0.4) is 0 Å². The van der Waals surface area contributed by atoms with E-state index < -0.39 is 17.0 Å². The average Bonchev–Trinajstić information content (AvgIpc) is 3.09. The molecule has 1 aromatic carbocycles.